The number of morpholine rings is 1. The van der Waals surface area contributed by atoms with Gasteiger partial charge in [0, 0.05) is 11.3 Å². The number of nitrogens with two attached hydrogens (primary N) is 1. The van der Waals surface area contributed by atoms with E-state index in [-0.39, 0.29) is 33.6 Å². The van der Waals surface area contributed by atoms with Gasteiger partial charge in [-0.15, -0.1) is 5.01 Å². The van der Waals surface area contributed by atoms with Crippen LogP contribution in [0.5, 0.6) is 0 Å². The van der Waals surface area contributed by atoms with Crippen LogP contribution in [-0.4, -0.2) is 48.2 Å². The monoisotopic (exact) mass is 504 g/mol. The molecule has 1 saturated heterocycles. The van der Waals surface area contributed by atoms with Crippen LogP contribution < -0.4 is 20.6 Å². The van der Waals surface area contributed by atoms with Crippen LogP contribution in [0.2, 0.25) is 0 Å². The fourth-order valence-corrected chi connectivity index (χ4v) is 4.46. The zero-order valence-corrected chi connectivity index (χ0v) is 20.7. The van der Waals surface area contributed by atoms with Gasteiger partial charge in [0.1, 0.15) is 28.5 Å². The van der Waals surface area contributed by atoms with Crippen molar-refractivity contribution >= 4 is 29.4 Å². The zero-order valence-electron chi connectivity index (χ0n) is 19.8. The lowest BCUT2D eigenvalue weighted by molar-refractivity contribution is -0.759. The molecule has 0 unspecified atom stereocenters. The first-order chi connectivity index (χ1) is 17.4. The predicted molar refractivity (Wildman–Crippen MR) is 131 cm³/mol. The topological polar surface area (TPSA) is 164 Å². The summed E-state index contributed by atoms with van der Waals surface area (Å²) in [5.74, 6) is -0.224. The summed E-state index contributed by atoms with van der Waals surface area (Å²) in [7, 11) is 0. The molecule has 1 aromatic carbocycles. The minimum Gasteiger partial charge on any atom is -0.861 e. The Morgan fingerprint density at radius 3 is 2.56 bits per heavy atom. The molecule has 0 saturated carbocycles. The van der Waals surface area contributed by atoms with Gasteiger partial charge in [-0.05, 0) is 22.9 Å². The van der Waals surface area contributed by atoms with Crippen molar-refractivity contribution in [3.05, 3.63) is 47.2 Å². The molecule has 0 amide bonds. The van der Waals surface area contributed by atoms with Crippen LogP contribution in [0.15, 0.2) is 45.0 Å². The molecule has 11 nitrogen and oxygen atoms in total. The molecule has 12 heteroatoms. The van der Waals surface area contributed by atoms with E-state index in [4.69, 9.17) is 15.0 Å². The highest BCUT2D eigenvalue weighted by molar-refractivity contribution is 8.00. The van der Waals surface area contributed by atoms with E-state index >= 15 is 0 Å². The molecular weight excluding hydrogens is 480 g/mol. The number of nitrogen functional groups attached to an aromatic ring is 1. The number of hydrogen-bond donors (Lipinski definition) is 1. The van der Waals surface area contributed by atoms with Gasteiger partial charge in [-0.1, -0.05) is 49.9 Å². The van der Waals surface area contributed by atoms with Crippen LogP contribution in [0, 0.1) is 22.7 Å². The third-order valence-electron chi connectivity index (χ3n) is 5.57. The number of ether oxygens (including phenoxy) is 1. The Kier molecular flexibility index (Phi) is 7.68. The average Bonchev–Trinajstić information content (AvgIpc) is 3.36. The summed E-state index contributed by atoms with van der Waals surface area (Å²) >= 11 is 1.02. The number of rotatable bonds is 7. The Balaban J connectivity index is 1.58. The highest BCUT2D eigenvalue weighted by Gasteiger charge is 2.23. The molecule has 0 radical (unpaired) electrons. The van der Waals surface area contributed by atoms with Gasteiger partial charge in [-0.25, -0.2) is 9.98 Å². The van der Waals surface area contributed by atoms with Gasteiger partial charge in [0.25, 0.3) is 6.20 Å². The van der Waals surface area contributed by atoms with Crippen molar-refractivity contribution in [2.45, 2.75) is 24.8 Å². The summed E-state index contributed by atoms with van der Waals surface area (Å²) in [5.41, 5.74) is 8.58. The maximum absolute atomic E-state index is 12.5. The summed E-state index contributed by atoms with van der Waals surface area (Å²) in [4.78, 5) is 9.68. The van der Waals surface area contributed by atoms with E-state index in [1.807, 2.05) is 29.3 Å². The van der Waals surface area contributed by atoms with Crippen molar-refractivity contribution in [2.24, 2.45) is 4.99 Å². The first kappa shape index (κ1) is 25.0. The molecule has 0 aliphatic carbocycles. The summed E-state index contributed by atoms with van der Waals surface area (Å²) in [5, 5.41) is 38.2. The zero-order chi connectivity index (χ0) is 25.7. The van der Waals surface area contributed by atoms with Crippen molar-refractivity contribution in [3.63, 3.8) is 0 Å². The highest BCUT2D eigenvalue weighted by Crippen LogP contribution is 2.36. The highest BCUT2D eigenvalue weighted by atomic mass is 32.2. The van der Waals surface area contributed by atoms with Gasteiger partial charge in [0.15, 0.2) is 0 Å². The quantitative estimate of drug-likeness (QED) is 0.216. The smallest absolute Gasteiger partial charge is 0.324 e. The fourth-order valence-electron chi connectivity index (χ4n) is 3.68. The summed E-state index contributed by atoms with van der Waals surface area (Å²) in [6.45, 7) is 6.61. The second-order valence-electron chi connectivity index (χ2n) is 8.25. The molecular formula is C24H24N8O3S. The molecule has 2 N–H and O–H groups in total. The lowest BCUT2D eigenvalue weighted by atomic mass is 9.94. The van der Waals surface area contributed by atoms with Crippen LogP contribution in [0.4, 0.5) is 11.7 Å². The summed E-state index contributed by atoms with van der Waals surface area (Å²) < 4.78 is 10.5. The van der Waals surface area contributed by atoms with Crippen molar-refractivity contribution in [1.82, 2.24) is 10.3 Å². The maximum atomic E-state index is 12.5. The van der Waals surface area contributed by atoms with Gasteiger partial charge in [-0.3, -0.25) is 4.52 Å². The molecule has 0 atom stereocenters. The first-order valence-electron chi connectivity index (χ1n) is 11.2. The van der Waals surface area contributed by atoms with E-state index < -0.39 is 5.90 Å². The number of anilines is 1. The number of aliphatic imine (C=N–C) groups is 1. The number of thioether (sulfide) groups is 1. The van der Waals surface area contributed by atoms with Crippen molar-refractivity contribution in [1.29, 1.82) is 10.5 Å². The molecule has 36 heavy (non-hydrogen) atoms. The van der Waals surface area contributed by atoms with Crippen LogP contribution in [0.1, 0.15) is 36.5 Å². The molecule has 3 aromatic rings. The van der Waals surface area contributed by atoms with E-state index in [1.54, 1.807) is 0 Å². The SMILES string of the molecule is CC(C)c1ccc(-c2c(C#N)c(N)nc(SC/C([O-])=N\c3c[n+](N4CCOCC4)no3)c2C#N)cc1. The molecule has 0 spiro atoms. The van der Waals surface area contributed by atoms with Crippen LogP contribution >= 0.6 is 11.8 Å². The maximum Gasteiger partial charge on any atom is 0.324 e. The molecule has 0 bridgehead atoms. The Morgan fingerprint density at radius 1 is 1.22 bits per heavy atom. The van der Waals surface area contributed by atoms with Gasteiger partial charge < -0.3 is 15.6 Å². The number of benzene rings is 1. The molecule has 184 valence electrons. The van der Waals surface area contributed by atoms with Crippen molar-refractivity contribution in [3.8, 4) is 23.3 Å². The average molecular weight is 505 g/mol. The normalized spacial score (nSPS) is 14.0. The first-order valence-corrected chi connectivity index (χ1v) is 12.2. The molecule has 1 fully saturated rings. The van der Waals surface area contributed by atoms with E-state index in [0.717, 1.165) is 17.3 Å². The minimum atomic E-state index is -0.498. The summed E-state index contributed by atoms with van der Waals surface area (Å²) in [6.07, 6.45) is 1.52. The Labute approximate surface area is 212 Å². The molecule has 3 heterocycles. The lowest BCUT2D eigenvalue weighted by Crippen LogP contribution is -2.62. The fraction of sp³-hybridized carbons (Fsp3) is 0.333. The van der Waals surface area contributed by atoms with Crippen LogP contribution in [-0.2, 0) is 4.74 Å². The third kappa shape index (κ3) is 5.40. The van der Waals surface area contributed by atoms with Crippen molar-refractivity contribution < 1.29 is 19.2 Å². The second-order valence-corrected chi connectivity index (χ2v) is 9.21. The second kappa shape index (κ2) is 11.1. The van der Waals surface area contributed by atoms with E-state index in [9.17, 15) is 15.6 Å². The lowest BCUT2D eigenvalue weighted by Gasteiger charge is -2.18. The molecule has 2 aromatic heterocycles. The molecule has 1 aliphatic rings. The van der Waals surface area contributed by atoms with Gasteiger partial charge in [0.2, 0.25) is 5.27 Å². The summed E-state index contributed by atoms with van der Waals surface area (Å²) in [6, 6.07) is 11.8. The van der Waals surface area contributed by atoms with Crippen molar-refractivity contribution in [2.75, 3.05) is 42.8 Å². The van der Waals surface area contributed by atoms with E-state index in [2.05, 4.69) is 41.2 Å². The van der Waals surface area contributed by atoms with Gasteiger partial charge >= 0.3 is 5.88 Å². The van der Waals surface area contributed by atoms with Gasteiger partial charge in [-0.2, -0.15) is 10.5 Å². The Bertz CT molecular complexity index is 1350. The minimum absolute atomic E-state index is 0.00638. The Hall–Kier alpha value is -4.13. The van der Waals surface area contributed by atoms with Crippen LogP contribution in [0.3, 0.4) is 0 Å². The largest absolute Gasteiger partial charge is 0.861 e. The number of nitriles is 2. The predicted octanol–water partition coefficient (Wildman–Crippen LogP) is 1.62. The van der Waals surface area contributed by atoms with E-state index in [1.165, 1.54) is 11.0 Å². The number of pyridine rings is 1. The third-order valence-corrected chi connectivity index (χ3v) is 6.53. The van der Waals surface area contributed by atoms with E-state index in [0.29, 0.717) is 43.3 Å². The van der Waals surface area contributed by atoms with Crippen LogP contribution in [0.25, 0.3) is 11.1 Å². The van der Waals surface area contributed by atoms with Gasteiger partial charge in [0.05, 0.1) is 36.7 Å². The Morgan fingerprint density at radius 2 is 1.92 bits per heavy atom. The number of nitrogens with zero attached hydrogens (tertiary/aromatic N) is 7. The number of hydrogen-bond acceptors (Lipinski definition) is 11. The molecule has 4 rings (SSSR count). The standard InChI is InChI=1S/C24H24N8O3S/c1-15(2)16-3-5-17(6-4-16)22-18(11-25)23(27)29-24(19(22)12-26)36-14-20(33)28-21-13-32(30-35-21)31-7-9-34-10-8-31/h3-6,13,15H,7-10,14H2,1-2H3,(H2-,27,28,29,30,33). The molecule has 1 aliphatic heterocycles. The number of aromatic nitrogens is 3.